The Morgan fingerprint density at radius 2 is 2.24 bits per heavy atom. The van der Waals surface area contributed by atoms with Crippen molar-refractivity contribution in [1.29, 1.82) is 0 Å². The topological polar surface area (TPSA) is 46.0 Å². The minimum atomic E-state index is 0.833. The lowest BCUT2D eigenvalue weighted by Gasteiger charge is -2.27. The second kappa shape index (κ2) is 6.12. The molecule has 5 heteroatoms. The molecule has 1 aliphatic rings. The number of nitrogens with zero attached hydrogens (tertiary/aromatic N) is 4. The standard InChI is InChI=1S/C12H23N5/c1-3-17-12(14-10-15-17)9-16(2)8-11-4-6-13-7-5-11/h10-11,13H,3-9H2,1-2H3. The molecule has 1 N–H and O–H groups in total. The van der Waals surface area contributed by atoms with Crippen molar-refractivity contribution < 1.29 is 0 Å². The van der Waals surface area contributed by atoms with Gasteiger partial charge in [-0.25, -0.2) is 9.67 Å². The van der Waals surface area contributed by atoms with E-state index in [1.807, 2.05) is 4.68 Å². The molecule has 0 saturated carbocycles. The molecule has 0 atom stereocenters. The summed E-state index contributed by atoms with van der Waals surface area (Å²) in [5.74, 6) is 1.91. The summed E-state index contributed by atoms with van der Waals surface area (Å²) in [5, 5.41) is 7.61. The van der Waals surface area contributed by atoms with Gasteiger partial charge >= 0.3 is 0 Å². The number of aryl methyl sites for hydroxylation is 1. The van der Waals surface area contributed by atoms with Crippen LogP contribution in [-0.2, 0) is 13.1 Å². The maximum Gasteiger partial charge on any atom is 0.140 e. The van der Waals surface area contributed by atoms with Gasteiger partial charge in [0.25, 0.3) is 0 Å². The summed E-state index contributed by atoms with van der Waals surface area (Å²) in [7, 11) is 2.18. The van der Waals surface area contributed by atoms with Crippen LogP contribution < -0.4 is 5.32 Å². The third-order valence-electron chi connectivity index (χ3n) is 3.44. The Kier molecular flexibility index (Phi) is 4.50. The average molecular weight is 237 g/mol. The van der Waals surface area contributed by atoms with E-state index in [4.69, 9.17) is 0 Å². The minimum Gasteiger partial charge on any atom is -0.317 e. The van der Waals surface area contributed by atoms with Crippen molar-refractivity contribution in [3.8, 4) is 0 Å². The minimum absolute atomic E-state index is 0.833. The molecule has 2 heterocycles. The van der Waals surface area contributed by atoms with Crippen molar-refractivity contribution in [1.82, 2.24) is 25.0 Å². The molecule has 1 aromatic heterocycles. The number of piperidine rings is 1. The highest BCUT2D eigenvalue weighted by molar-refractivity contribution is 4.84. The molecule has 0 spiro atoms. The van der Waals surface area contributed by atoms with E-state index in [1.165, 1.54) is 25.9 Å². The highest BCUT2D eigenvalue weighted by Gasteiger charge is 2.16. The third kappa shape index (κ3) is 3.51. The van der Waals surface area contributed by atoms with Crippen LogP contribution in [0.3, 0.4) is 0 Å². The summed E-state index contributed by atoms with van der Waals surface area (Å²) in [6.07, 6.45) is 4.24. The van der Waals surface area contributed by atoms with E-state index < -0.39 is 0 Å². The quantitative estimate of drug-likeness (QED) is 0.820. The highest BCUT2D eigenvalue weighted by Crippen LogP contribution is 2.13. The lowest BCUT2D eigenvalue weighted by atomic mass is 9.98. The fourth-order valence-corrected chi connectivity index (χ4v) is 2.49. The van der Waals surface area contributed by atoms with E-state index in [0.29, 0.717) is 0 Å². The first-order chi connectivity index (χ1) is 8.29. The first-order valence-corrected chi connectivity index (χ1v) is 6.55. The van der Waals surface area contributed by atoms with Gasteiger partial charge in [-0.05, 0) is 45.8 Å². The highest BCUT2D eigenvalue weighted by atomic mass is 15.3. The van der Waals surface area contributed by atoms with E-state index in [9.17, 15) is 0 Å². The van der Waals surface area contributed by atoms with E-state index in [-0.39, 0.29) is 0 Å². The van der Waals surface area contributed by atoms with Crippen molar-refractivity contribution in [3.05, 3.63) is 12.2 Å². The molecular formula is C12H23N5. The van der Waals surface area contributed by atoms with Gasteiger partial charge in [0, 0.05) is 13.1 Å². The van der Waals surface area contributed by atoms with Gasteiger partial charge in [0.2, 0.25) is 0 Å². The molecule has 0 aliphatic carbocycles. The van der Waals surface area contributed by atoms with Gasteiger partial charge in [0.1, 0.15) is 12.2 Å². The SMILES string of the molecule is CCn1ncnc1CN(C)CC1CCNCC1. The summed E-state index contributed by atoms with van der Waals surface area (Å²) in [6, 6.07) is 0. The normalized spacial score (nSPS) is 17.8. The van der Waals surface area contributed by atoms with Crippen LogP contribution in [0.5, 0.6) is 0 Å². The lowest BCUT2D eigenvalue weighted by Crippen LogP contribution is -2.34. The molecule has 1 aromatic rings. The Hall–Kier alpha value is -0.940. The monoisotopic (exact) mass is 237 g/mol. The zero-order valence-corrected chi connectivity index (χ0v) is 10.9. The summed E-state index contributed by atoms with van der Waals surface area (Å²) >= 11 is 0. The van der Waals surface area contributed by atoms with Gasteiger partial charge in [-0.2, -0.15) is 5.10 Å². The molecule has 96 valence electrons. The van der Waals surface area contributed by atoms with Crippen molar-refractivity contribution in [2.75, 3.05) is 26.7 Å². The van der Waals surface area contributed by atoms with E-state index in [2.05, 4.69) is 34.3 Å². The predicted octanol–water partition coefficient (Wildman–Crippen LogP) is 0.729. The number of hydrogen-bond donors (Lipinski definition) is 1. The summed E-state index contributed by atoms with van der Waals surface area (Å²) < 4.78 is 1.97. The zero-order valence-electron chi connectivity index (χ0n) is 10.9. The maximum absolute atomic E-state index is 4.32. The van der Waals surface area contributed by atoms with Crippen molar-refractivity contribution in [3.63, 3.8) is 0 Å². The lowest BCUT2D eigenvalue weighted by molar-refractivity contribution is 0.227. The van der Waals surface area contributed by atoms with Crippen LogP contribution >= 0.6 is 0 Å². The average Bonchev–Trinajstić information content (AvgIpc) is 2.77. The van der Waals surface area contributed by atoms with Gasteiger partial charge in [0.15, 0.2) is 0 Å². The van der Waals surface area contributed by atoms with Crippen LogP contribution in [0, 0.1) is 5.92 Å². The Morgan fingerprint density at radius 1 is 1.47 bits per heavy atom. The largest absolute Gasteiger partial charge is 0.317 e. The molecule has 0 unspecified atom stereocenters. The third-order valence-corrected chi connectivity index (χ3v) is 3.44. The van der Waals surface area contributed by atoms with Gasteiger partial charge in [0.05, 0.1) is 6.54 Å². The Bertz CT molecular complexity index is 329. The summed E-state index contributed by atoms with van der Waals surface area (Å²) in [5.41, 5.74) is 0. The second-order valence-electron chi connectivity index (χ2n) is 4.88. The summed E-state index contributed by atoms with van der Waals surface area (Å²) in [6.45, 7) is 7.41. The molecule has 0 aromatic carbocycles. The van der Waals surface area contributed by atoms with E-state index >= 15 is 0 Å². The van der Waals surface area contributed by atoms with Gasteiger partial charge in [-0.3, -0.25) is 4.90 Å². The second-order valence-corrected chi connectivity index (χ2v) is 4.88. The first-order valence-electron chi connectivity index (χ1n) is 6.55. The van der Waals surface area contributed by atoms with E-state index in [1.54, 1.807) is 6.33 Å². The van der Waals surface area contributed by atoms with Crippen LogP contribution in [0.25, 0.3) is 0 Å². The zero-order chi connectivity index (χ0) is 12.1. The molecule has 5 nitrogen and oxygen atoms in total. The predicted molar refractivity (Wildman–Crippen MR) is 67.6 cm³/mol. The van der Waals surface area contributed by atoms with Crippen molar-refractivity contribution >= 4 is 0 Å². The Morgan fingerprint density at radius 3 is 2.94 bits per heavy atom. The van der Waals surface area contributed by atoms with Gasteiger partial charge in [-0.15, -0.1) is 0 Å². The molecule has 1 aliphatic heterocycles. The molecule has 2 rings (SSSR count). The molecular weight excluding hydrogens is 214 g/mol. The Labute approximate surface area is 103 Å². The maximum atomic E-state index is 4.32. The van der Waals surface area contributed by atoms with Crippen LogP contribution in [0.15, 0.2) is 6.33 Å². The van der Waals surface area contributed by atoms with E-state index in [0.717, 1.165) is 31.4 Å². The van der Waals surface area contributed by atoms with Crippen molar-refractivity contribution in [2.24, 2.45) is 5.92 Å². The number of hydrogen-bond acceptors (Lipinski definition) is 4. The first kappa shape index (κ1) is 12.5. The van der Waals surface area contributed by atoms with Crippen LogP contribution in [0.1, 0.15) is 25.6 Å². The fraction of sp³-hybridized carbons (Fsp3) is 0.833. The van der Waals surface area contributed by atoms with Gasteiger partial charge in [-0.1, -0.05) is 0 Å². The number of nitrogens with one attached hydrogen (secondary N) is 1. The van der Waals surface area contributed by atoms with Gasteiger partial charge < -0.3 is 5.32 Å². The smallest absolute Gasteiger partial charge is 0.140 e. The van der Waals surface area contributed by atoms with Crippen LogP contribution in [0.4, 0.5) is 0 Å². The number of rotatable bonds is 5. The molecule has 0 radical (unpaired) electrons. The molecule has 1 fully saturated rings. The number of aromatic nitrogens is 3. The molecule has 1 saturated heterocycles. The molecule has 0 amide bonds. The van der Waals surface area contributed by atoms with Crippen molar-refractivity contribution in [2.45, 2.75) is 32.9 Å². The van der Waals surface area contributed by atoms with Crippen LogP contribution in [0.2, 0.25) is 0 Å². The Balaban J connectivity index is 1.82. The fourth-order valence-electron chi connectivity index (χ4n) is 2.49. The van der Waals surface area contributed by atoms with Crippen LogP contribution in [-0.4, -0.2) is 46.3 Å². The molecule has 17 heavy (non-hydrogen) atoms. The molecule has 0 bridgehead atoms. The summed E-state index contributed by atoms with van der Waals surface area (Å²) in [4.78, 5) is 6.69.